The van der Waals surface area contributed by atoms with E-state index in [2.05, 4.69) is 6.58 Å². The van der Waals surface area contributed by atoms with E-state index in [1.807, 2.05) is 0 Å². The summed E-state index contributed by atoms with van der Waals surface area (Å²) in [5, 5.41) is -0.170. The van der Waals surface area contributed by atoms with Crippen LogP contribution in [0.15, 0.2) is 33.9 Å². The maximum absolute atomic E-state index is 14.8. The van der Waals surface area contributed by atoms with Crippen LogP contribution in [0.25, 0.3) is 5.69 Å². The molecule has 29 heavy (non-hydrogen) atoms. The van der Waals surface area contributed by atoms with Crippen molar-refractivity contribution in [1.82, 2.24) is 9.13 Å². The number of nitrogens with zero attached hydrogens (tertiary/aromatic N) is 2. The fourth-order valence-corrected chi connectivity index (χ4v) is 2.99. The second-order valence-electron chi connectivity index (χ2n) is 6.22. The molecule has 1 heterocycles. The molecule has 0 unspecified atom stereocenters. The van der Waals surface area contributed by atoms with Crippen LogP contribution in [0.2, 0.25) is 5.02 Å². The molecule has 1 aromatic carbocycles. The zero-order valence-corrected chi connectivity index (χ0v) is 16.4. The van der Waals surface area contributed by atoms with E-state index >= 15 is 0 Å². The molecule has 0 atom stereocenters. The molecule has 0 saturated carbocycles. The Morgan fingerprint density at radius 1 is 1.28 bits per heavy atom. The SMILES string of the molecule is C=C(C)Cc1c(OCOC)c(Cl)cc(F)c1-n1c(=O)cc(C(F)(F)F)n(C)c1=O. The van der Waals surface area contributed by atoms with Gasteiger partial charge in [-0.15, -0.1) is 0 Å². The molecule has 11 heteroatoms. The molecule has 0 aliphatic rings. The Morgan fingerprint density at radius 3 is 2.41 bits per heavy atom. The second kappa shape index (κ2) is 8.42. The quantitative estimate of drug-likeness (QED) is 0.395. The van der Waals surface area contributed by atoms with E-state index in [0.717, 1.165) is 13.1 Å². The molecule has 0 spiro atoms. The minimum Gasteiger partial charge on any atom is -0.466 e. The number of hydrogen-bond donors (Lipinski definition) is 0. The van der Waals surface area contributed by atoms with Crippen molar-refractivity contribution in [2.45, 2.75) is 19.5 Å². The smallest absolute Gasteiger partial charge is 0.431 e. The molecular formula is C18H17ClF4N2O4. The zero-order chi connectivity index (χ0) is 22.1. The van der Waals surface area contributed by atoms with Crippen LogP contribution in [-0.4, -0.2) is 23.0 Å². The molecule has 0 aliphatic carbocycles. The lowest BCUT2D eigenvalue weighted by atomic mass is 10.0. The predicted octanol–water partition coefficient (Wildman–Crippen LogP) is 3.45. The highest BCUT2D eigenvalue weighted by molar-refractivity contribution is 6.32. The maximum Gasteiger partial charge on any atom is 0.431 e. The standard InChI is InChI=1S/C18H17ClF4N2O4/c1-9(2)5-10-15(12(20)6-11(19)16(10)29-8-28-4)25-14(26)7-13(18(21,22)23)24(3)17(25)27/h6-7H,1,5,8H2,2-4H3. The normalized spacial score (nSPS) is 11.6. The van der Waals surface area contributed by atoms with Gasteiger partial charge in [-0.1, -0.05) is 23.8 Å². The number of aromatic nitrogens is 2. The van der Waals surface area contributed by atoms with Gasteiger partial charge in [-0.25, -0.2) is 13.8 Å². The van der Waals surface area contributed by atoms with Crippen molar-refractivity contribution in [3.05, 3.63) is 67.2 Å². The largest absolute Gasteiger partial charge is 0.466 e. The van der Waals surface area contributed by atoms with E-state index in [1.54, 1.807) is 6.92 Å². The van der Waals surface area contributed by atoms with Gasteiger partial charge in [0.1, 0.15) is 17.3 Å². The van der Waals surface area contributed by atoms with Gasteiger partial charge in [0.15, 0.2) is 6.79 Å². The summed E-state index contributed by atoms with van der Waals surface area (Å²) in [7, 11) is 2.16. The molecule has 0 bridgehead atoms. The molecule has 6 nitrogen and oxygen atoms in total. The van der Waals surface area contributed by atoms with E-state index in [0.29, 0.717) is 10.1 Å². The van der Waals surface area contributed by atoms with E-state index in [9.17, 15) is 27.2 Å². The van der Waals surface area contributed by atoms with Crippen molar-refractivity contribution in [2.75, 3.05) is 13.9 Å². The Balaban J connectivity index is 2.95. The second-order valence-corrected chi connectivity index (χ2v) is 6.63. The summed E-state index contributed by atoms with van der Waals surface area (Å²) in [4.78, 5) is 25.0. The monoisotopic (exact) mass is 436 g/mol. The van der Waals surface area contributed by atoms with Crippen molar-refractivity contribution >= 4 is 11.6 Å². The molecule has 0 fully saturated rings. The van der Waals surface area contributed by atoms with Crippen molar-refractivity contribution < 1.29 is 27.0 Å². The first kappa shape index (κ1) is 22.7. The molecule has 0 N–H and O–H groups in total. The molecule has 0 saturated heterocycles. The number of hydrogen-bond acceptors (Lipinski definition) is 4. The Hall–Kier alpha value is -2.59. The van der Waals surface area contributed by atoms with Crippen LogP contribution in [0.5, 0.6) is 5.75 Å². The fraction of sp³-hybridized carbons (Fsp3) is 0.333. The molecule has 0 aliphatic heterocycles. The lowest BCUT2D eigenvalue weighted by molar-refractivity contribution is -0.144. The summed E-state index contributed by atoms with van der Waals surface area (Å²) < 4.78 is 64.8. The lowest BCUT2D eigenvalue weighted by Crippen LogP contribution is -2.41. The van der Waals surface area contributed by atoms with E-state index in [-0.39, 0.29) is 40.2 Å². The lowest BCUT2D eigenvalue weighted by Gasteiger charge is -2.20. The zero-order valence-electron chi connectivity index (χ0n) is 15.7. The summed E-state index contributed by atoms with van der Waals surface area (Å²) in [6.45, 7) is 5.01. The third kappa shape index (κ3) is 4.54. The van der Waals surface area contributed by atoms with Gasteiger partial charge in [0.2, 0.25) is 0 Å². The fourth-order valence-electron chi connectivity index (χ4n) is 2.73. The van der Waals surface area contributed by atoms with Crippen molar-refractivity contribution in [1.29, 1.82) is 0 Å². The van der Waals surface area contributed by atoms with Crippen molar-refractivity contribution in [3.8, 4) is 11.4 Å². The summed E-state index contributed by atoms with van der Waals surface area (Å²) in [6, 6.07) is 1.02. The number of rotatable bonds is 6. The van der Waals surface area contributed by atoms with Crippen LogP contribution in [0, 0.1) is 5.82 Å². The summed E-state index contributed by atoms with van der Waals surface area (Å²) in [5.41, 5.74) is -4.31. The third-order valence-electron chi connectivity index (χ3n) is 3.89. The predicted molar refractivity (Wildman–Crippen MR) is 98.3 cm³/mol. The topological polar surface area (TPSA) is 62.5 Å². The summed E-state index contributed by atoms with van der Waals surface area (Å²) in [6.07, 6.45) is -5.01. The number of allylic oxidation sites excluding steroid dienone is 1. The number of ether oxygens (including phenoxy) is 2. The van der Waals surface area contributed by atoms with Crippen LogP contribution in [0.3, 0.4) is 0 Å². The first-order valence-electron chi connectivity index (χ1n) is 8.07. The summed E-state index contributed by atoms with van der Waals surface area (Å²) in [5.74, 6) is -1.17. The highest BCUT2D eigenvalue weighted by atomic mass is 35.5. The van der Waals surface area contributed by atoms with Crippen LogP contribution in [0.4, 0.5) is 17.6 Å². The van der Waals surface area contributed by atoms with Gasteiger partial charge in [-0.3, -0.25) is 9.36 Å². The maximum atomic E-state index is 14.8. The number of alkyl halides is 3. The highest BCUT2D eigenvalue weighted by Crippen LogP contribution is 2.36. The minimum absolute atomic E-state index is 0.0292. The first-order valence-corrected chi connectivity index (χ1v) is 8.45. The van der Waals surface area contributed by atoms with Gasteiger partial charge < -0.3 is 9.47 Å². The van der Waals surface area contributed by atoms with Crippen LogP contribution < -0.4 is 16.0 Å². The molecule has 2 rings (SSSR count). The van der Waals surface area contributed by atoms with Gasteiger partial charge in [0, 0.05) is 25.8 Å². The molecule has 158 valence electrons. The number of benzene rings is 1. The van der Waals surface area contributed by atoms with Gasteiger partial charge in [-0.05, 0) is 19.4 Å². The van der Waals surface area contributed by atoms with Crippen molar-refractivity contribution in [2.24, 2.45) is 7.05 Å². The number of methoxy groups -OCH3 is 1. The average molecular weight is 437 g/mol. The van der Waals surface area contributed by atoms with Gasteiger partial charge in [0.25, 0.3) is 5.56 Å². The average Bonchev–Trinajstić information content (AvgIpc) is 2.58. The van der Waals surface area contributed by atoms with Crippen LogP contribution in [-0.2, 0) is 24.4 Å². The van der Waals surface area contributed by atoms with Gasteiger partial charge >= 0.3 is 11.9 Å². The van der Waals surface area contributed by atoms with Gasteiger partial charge in [0.05, 0.1) is 10.7 Å². The molecule has 2 aromatic rings. The van der Waals surface area contributed by atoms with Crippen molar-refractivity contribution in [3.63, 3.8) is 0 Å². The molecule has 0 amide bonds. The summed E-state index contributed by atoms with van der Waals surface area (Å²) >= 11 is 6.04. The Kier molecular flexibility index (Phi) is 6.59. The Bertz CT molecular complexity index is 1070. The molecule has 1 aromatic heterocycles. The van der Waals surface area contributed by atoms with E-state index in [4.69, 9.17) is 21.1 Å². The van der Waals surface area contributed by atoms with E-state index in [1.165, 1.54) is 7.11 Å². The van der Waals surface area contributed by atoms with Crippen LogP contribution >= 0.6 is 11.6 Å². The minimum atomic E-state index is -4.95. The Morgan fingerprint density at radius 2 is 1.90 bits per heavy atom. The molecular weight excluding hydrogens is 420 g/mol. The Labute approximate surface area is 167 Å². The molecule has 0 radical (unpaired) electrons. The first-order chi connectivity index (χ1) is 13.4. The van der Waals surface area contributed by atoms with Crippen LogP contribution in [0.1, 0.15) is 18.2 Å². The number of halogens is 5. The van der Waals surface area contributed by atoms with Gasteiger partial charge in [-0.2, -0.15) is 13.2 Å². The van der Waals surface area contributed by atoms with E-state index < -0.39 is 34.6 Å². The third-order valence-corrected chi connectivity index (χ3v) is 4.17. The highest BCUT2D eigenvalue weighted by Gasteiger charge is 2.35.